The van der Waals surface area contributed by atoms with Crippen molar-refractivity contribution in [1.29, 1.82) is 0 Å². The zero-order chi connectivity index (χ0) is 9.84. The first kappa shape index (κ1) is 10.8. The van der Waals surface area contributed by atoms with Crippen LogP contribution in [0.25, 0.3) is 0 Å². The average Bonchev–Trinajstić information content (AvgIpc) is 2.47. The molecule has 0 fully saturated rings. The molecule has 0 saturated heterocycles. The summed E-state index contributed by atoms with van der Waals surface area (Å²) in [5.74, 6) is 0.955. The predicted octanol–water partition coefficient (Wildman–Crippen LogP) is 1.86. The molecule has 0 aromatic carbocycles. The van der Waals surface area contributed by atoms with Crippen LogP contribution in [0.15, 0.2) is 21.2 Å². The topological polar surface area (TPSA) is 28.4 Å². The number of nitrogens with one attached hydrogen (secondary N) is 1. The molecule has 74 valence electrons. The van der Waals surface area contributed by atoms with E-state index in [1.807, 2.05) is 27.2 Å². The zero-order valence-electron chi connectivity index (χ0n) is 8.17. The fourth-order valence-electron chi connectivity index (χ4n) is 1.22. The first-order valence-corrected chi connectivity index (χ1v) is 4.99. The number of hydrogen-bond donors (Lipinski definition) is 1. The molecular weight excluding hydrogens is 232 g/mol. The van der Waals surface area contributed by atoms with Crippen LogP contribution in [0, 0.1) is 0 Å². The minimum Gasteiger partial charge on any atom is -0.466 e. The van der Waals surface area contributed by atoms with Gasteiger partial charge in [0.2, 0.25) is 0 Å². The highest BCUT2D eigenvalue weighted by atomic mass is 79.9. The molecule has 3 nitrogen and oxygen atoms in total. The first-order valence-electron chi connectivity index (χ1n) is 4.20. The van der Waals surface area contributed by atoms with Gasteiger partial charge in [0.15, 0.2) is 0 Å². The Balaban J connectivity index is 2.72. The minimum atomic E-state index is 0.236. The molecule has 1 unspecified atom stereocenters. The van der Waals surface area contributed by atoms with E-state index in [9.17, 15) is 0 Å². The molecule has 0 aliphatic rings. The Morgan fingerprint density at radius 3 is 2.69 bits per heavy atom. The Kier molecular flexibility index (Phi) is 3.96. The van der Waals surface area contributed by atoms with E-state index in [2.05, 4.69) is 26.1 Å². The van der Waals surface area contributed by atoms with Crippen molar-refractivity contribution in [2.45, 2.75) is 6.04 Å². The van der Waals surface area contributed by atoms with Gasteiger partial charge in [0.1, 0.15) is 5.76 Å². The Bertz CT molecular complexity index is 260. The lowest BCUT2D eigenvalue weighted by molar-refractivity contribution is 0.318. The molecular formula is C9H15BrN2O. The Morgan fingerprint density at radius 1 is 1.62 bits per heavy atom. The van der Waals surface area contributed by atoms with Crippen molar-refractivity contribution < 1.29 is 4.42 Å². The van der Waals surface area contributed by atoms with Crippen molar-refractivity contribution in [3.63, 3.8) is 0 Å². The fraction of sp³-hybridized carbons (Fsp3) is 0.556. The van der Waals surface area contributed by atoms with E-state index in [1.54, 1.807) is 6.26 Å². The molecule has 1 atom stereocenters. The largest absolute Gasteiger partial charge is 0.466 e. The number of halogens is 1. The first-order chi connectivity index (χ1) is 6.15. The molecule has 13 heavy (non-hydrogen) atoms. The molecule has 1 rings (SSSR count). The van der Waals surface area contributed by atoms with Crippen LogP contribution in [0.2, 0.25) is 0 Å². The minimum absolute atomic E-state index is 0.236. The highest BCUT2D eigenvalue weighted by Gasteiger charge is 2.16. The van der Waals surface area contributed by atoms with Crippen LogP contribution in [0.4, 0.5) is 0 Å². The molecule has 0 aliphatic carbocycles. The van der Waals surface area contributed by atoms with Crippen molar-refractivity contribution in [2.75, 3.05) is 27.7 Å². The third-order valence-corrected chi connectivity index (χ3v) is 2.51. The lowest BCUT2D eigenvalue weighted by atomic mass is 10.2. The molecule has 4 heteroatoms. The number of rotatable bonds is 4. The quantitative estimate of drug-likeness (QED) is 0.880. The molecule has 0 aliphatic heterocycles. The van der Waals surface area contributed by atoms with Gasteiger partial charge in [-0.05, 0) is 43.1 Å². The maximum absolute atomic E-state index is 5.38. The molecule has 1 aromatic heterocycles. The van der Waals surface area contributed by atoms with E-state index in [0.717, 1.165) is 16.8 Å². The lowest BCUT2D eigenvalue weighted by Gasteiger charge is -2.18. The van der Waals surface area contributed by atoms with Crippen LogP contribution in [-0.2, 0) is 0 Å². The molecule has 0 saturated carbocycles. The maximum Gasteiger partial charge on any atom is 0.136 e. The average molecular weight is 247 g/mol. The lowest BCUT2D eigenvalue weighted by Crippen LogP contribution is -2.28. The monoisotopic (exact) mass is 246 g/mol. The molecule has 1 N–H and O–H groups in total. The van der Waals surface area contributed by atoms with E-state index in [1.165, 1.54) is 0 Å². The Morgan fingerprint density at radius 2 is 2.31 bits per heavy atom. The Labute approximate surface area is 87.2 Å². The van der Waals surface area contributed by atoms with Gasteiger partial charge in [-0.2, -0.15) is 0 Å². The highest BCUT2D eigenvalue weighted by Crippen LogP contribution is 2.24. The number of nitrogens with zero attached hydrogens (tertiary/aromatic N) is 1. The van der Waals surface area contributed by atoms with Crippen molar-refractivity contribution in [2.24, 2.45) is 0 Å². The third-order valence-electron chi connectivity index (χ3n) is 1.86. The smallest absolute Gasteiger partial charge is 0.136 e. The molecule has 0 amide bonds. The zero-order valence-corrected chi connectivity index (χ0v) is 9.76. The summed E-state index contributed by atoms with van der Waals surface area (Å²) in [5, 5.41) is 3.21. The number of furan rings is 1. The van der Waals surface area contributed by atoms with Crippen LogP contribution in [0.5, 0.6) is 0 Å². The van der Waals surface area contributed by atoms with Gasteiger partial charge in [-0.25, -0.2) is 0 Å². The molecule has 0 spiro atoms. The van der Waals surface area contributed by atoms with Crippen LogP contribution in [0.1, 0.15) is 11.8 Å². The van der Waals surface area contributed by atoms with Gasteiger partial charge in [-0.15, -0.1) is 0 Å². The van der Waals surface area contributed by atoms with Crippen LogP contribution < -0.4 is 5.32 Å². The predicted molar refractivity (Wildman–Crippen MR) is 56.8 cm³/mol. The molecule has 1 aromatic rings. The van der Waals surface area contributed by atoms with Gasteiger partial charge in [0.05, 0.1) is 16.8 Å². The summed E-state index contributed by atoms with van der Waals surface area (Å²) in [7, 11) is 6.02. The number of hydrogen-bond acceptors (Lipinski definition) is 3. The summed E-state index contributed by atoms with van der Waals surface area (Å²) in [5.41, 5.74) is 0. The van der Waals surface area contributed by atoms with Crippen molar-refractivity contribution in [3.05, 3.63) is 22.6 Å². The van der Waals surface area contributed by atoms with Crippen LogP contribution in [-0.4, -0.2) is 32.6 Å². The molecule has 0 bridgehead atoms. The summed E-state index contributed by atoms with van der Waals surface area (Å²) < 4.78 is 6.40. The Hall–Kier alpha value is -0.320. The van der Waals surface area contributed by atoms with E-state index >= 15 is 0 Å². The number of likely N-dealkylation sites (N-methyl/N-ethyl adjacent to an activating group) is 2. The van der Waals surface area contributed by atoms with E-state index in [-0.39, 0.29) is 6.04 Å². The van der Waals surface area contributed by atoms with Gasteiger partial charge < -0.3 is 14.6 Å². The van der Waals surface area contributed by atoms with Crippen molar-refractivity contribution in [3.8, 4) is 0 Å². The maximum atomic E-state index is 5.38. The van der Waals surface area contributed by atoms with Crippen LogP contribution >= 0.6 is 15.9 Å². The standard InChI is InChI=1S/C9H15BrN2O/c1-11-8(6-12(2)3)9-7(10)4-5-13-9/h4-5,8,11H,6H2,1-3H3. The SMILES string of the molecule is CNC(CN(C)C)c1occc1Br. The van der Waals surface area contributed by atoms with Gasteiger partial charge in [0.25, 0.3) is 0 Å². The van der Waals surface area contributed by atoms with Gasteiger partial charge in [-0.3, -0.25) is 0 Å². The van der Waals surface area contributed by atoms with E-state index in [0.29, 0.717) is 0 Å². The van der Waals surface area contributed by atoms with E-state index < -0.39 is 0 Å². The van der Waals surface area contributed by atoms with Gasteiger partial charge in [0, 0.05) is 6.54 Å². The molecule has 1 heterocycles. The van der Waals surface area contributed by atoms with E-state index in [4.69, 9.17) is 4.42 Å². The summed E-state index contributed by atoms with van der Waals surface area (Å²) in [4.78, 5) is 2.12. The van der Waals surface area contributed by atoms with Crippen molar-refractivity contribution >= 4 is 15.9 Å². The second-order valence-electron chi connectivity index (χ2n) is 3.24. The van der Waals surface area contributed by atoms with Gasteiger partial charge in [-0.1, -0.05) is 0 Å². The fourth-order valence-corrected chi connectivity index (χ4v) is 1.70. The van der Waals surface area contributed by atoms with Crippen molar-refractivity contribution in [1.82, 2.24) is 10.2 Å². The summed E-state index contributed by atoms with van der Waals surface area (Å²) in [6, 6.07) is 2.15. The summed E-state index contributed by atoms with van der Waals surface area (Å²) >= 11 is 3.45. The summed E-state index contributed by atoms with van der Waals surface area (Å²) in [6.07, 6.45) is 1.69. The highest BCUT2D eigenvalue weighted by molar-refractivity contribution is 9.10. The second-order valence-corrected chi connectivity index (χ2v) is 4.09. The second kappa shape index (κ2) is 4.79. The summed E-state index contributed by atoms with van der Waals surface area (Å²) in [6.45, 7) is 0.919. The molecule has 0 radical (unpaired) electrons. The third kappa shape index (κ3) is 2.83. The van der Waals surface area contributed by atoms with Gasteiger partial charge >= 0.3 is 0 Å². The van der Waals surface area contributed by atoms with Crippen LogP contribution in [0.3, 0.4) is 0 Å². The normalized spacial score (nSPS) is 13.6.